The number of aryl methyl sites for hydroxylation is 3. The van der Waals surface area contributed by atoms with Gasteiger partial charge in [0.2, 0.25) is 5.88 Å². The standard InChI is InChI=1S/C19H21N5O/c1-4-15-10-22-14(3)24-18(15)23-11-16-6-5-9-20-19(16)25-17-8-7-13(2)21-12-17/h5-10,12H,4,11H2,1-3H3,(H,22,23,24). The highest BCUT2D eigenvalue weighted by Gasteiger charge is 2.09. The molecule has 0 saturated carbocycles. The Bertz CT molecular complexity index is 849. The zero-order chi connectivity index (χ0) is 17.6. The molecule has 3 heterocycles. The van der Waals surface area contributed by atoms with Gasteiger partial charge in [-0.3, -0.25) is 4.98 Å². The summed E-state index contributed by atoms with van der Waals surface area (Å²) in [5, 5.41) is 3.37. The second kappa shape index (κ2) is 7.70. The van der Waals surface area contributed by atoms with Gasteiger partial charge in [0.25, 0.3) is 0 Å². The lowest BCUT2D eigenvalue weighted by molar-refractivity contribution is 0.454. The van der Waals surface area contributed by atoms with Crippen LogP contribution in [0.5, 0.6) is 11.6 Å². The van der Waals surface area contributed by atoms with E-state index in [-0.39, 0.29) is 0 Å². The molecule has 3 aromatic rings. The van der Waals surface area contributed by atoms with Gasteiger partial charge in [-0.2, -0.15) is 0 Å². The molecule has 3 rings (SSSR count). The molecule has 0 atom stereocenters. The zero-order valence-corrected chi connectivity index (χ0v) is 14.7. The Hall–Kier alpha value is -3.02. The lowest BCUT2D eigenvalue weighted by Crippen LogP contribution is -2.07. The molecule has 0 aliphatic heterocycles. The maximum absolute atomic E-state index is 5.89. The topological polar surface area (TPSA) is 72.8 Å². The minimum atomic E-state index is 0.560. The summed E-state index contributed by atoms with van der Waals surface area (Å²) in [6.45, 7) is 6.47. The second-order valence-electron chi connectivity index (χ2n) is 5.70. The largest absolute Gasteiger partial charge is 0.437 e. The predicted octanol–water partition coefficient (Wildman–Crippen LogP) is 3.85. The number of nitrogens with one attached hydrogen (secondary N) is 1. The van der Waals surface area contributed by atoms with Crippen molar-refractivity contribution in [2.45, 2.75) is 33.7 Å². The summed E-state index contributed by atoms with van der Waals surface area (Å²) in [5.41, 5.74) is 2.97. The lowest BCUT2D eigenvalue weighted by atomic mass is 10.2. The molecule has 0 radical (unpaired) electrons. The van der Waals surface area contributed by atoms with Crippen molar-refractivity contribution in [1.29, 1.82) is 0 Å². The molecule has 0 aliphatic rings. The first-order valence-electron chi connectivity index (χ1n) is 8.26. The third-order valence-corrected chi connectivity index (χ3v) is 3.76. The summed E-state index contributed by atoms with van der Waals surface area (Å²) < 4.78 is 5.89. The molecule has 0 amide bonds. The number of anilines is 1. The number of pyridine rings is 2. The molecule has 128 valence electrons. The van der Waals surface area contributed by atoms with Crippen LogP contribution in [-0.2, 0) is 13.0 Å². The molecule has 0 aromatic carbocycles. The van der Waals surface area contributed by atoms with Gasteiger partial charge < -0.3 is 10.1 Å². The van der Waals surface area contributed by atoms with Gasteiger partial charge >= 0.3 is 0 Å². The first-order chi connectivity index (χ1) is 12.2. The molecule has 0 unspecified atom stereocenters. The van der Waals surface area contributed by atoms with E-state index in [1.54, 1.807) is 12.4 Å². The summed E-state index contributed by atoms with van der Waals surface area (Å²) in [7, 11) is 0. The maximum atomic E-state index is 5.89. The molecule has 0 bridgehead atoms. The minimum absolute atomic E-state index is 0.560. The SMILES string of the molecule is CCc1cnc(C)nc1NCc1cccnc1Oc1ccc(C)nc1. The van der Waals surface area contributed by atoms with E-state index in [0.717, 1.165) is 34.9 Å². The average Bonchev–Trinajstić information content (AvgIpc) is 2.63. The molecule has 0 fully saturated rings. The van der Waals surface area contributed by atoms with Crippen LogP contribution in [0, 0.1) is 13.8 Å². The van der Waals surface area contributed by atoms with Crippen molar-refractivity contribution in [3.8, 4) is 11.6 Å². The Labute approximate surface area is 147 Å². The van der Waals surface area contributed by atoms with Gasteiger partial charge in [-0.15, -0.1) is 0 Å². The maximum Gasteiger partial charge on any atom is 0.224 e. The highest BCUT2D eigenvalue weighted by molar-refractivity contribution is 5.44. The van der Waals surface area contributed by atoms with Crippen LogP contribution in [0.25, 0.3) is 0 Å². The Morgan fingerprint density at radius 2 is 1.88 bits per heavy atom. The number of nitrogens with zero attached hydrogens (tertiary/aromatic N) is 4. The summed E-state index contributed by atoms with van der Waals surface area (Å²) in [6, 6.07) is 7.67. The van der Waals surface area contributed by atoms with Crippen LogP contribution in [0.2, 0.25) is 0 Å². The van der Waals surface area contributed by atoms with Gasteiger partial charge in [0.05, 0.1) is 6.20 Å². The van der Waals surface area contributed by atoms with Gasteiger partial charge in [0.15, 0.2) is 0 Å². The zero-order valence-electron chi connectivity index (χ0n) is 14.7. The number of hydrogen-bond donors (Lipinski definition) is 1. The molecule has 6 nitrogen and oxygen atoms in total. The van der Waals surface area contributed by atoms with E-state index in [1.165, 1.54) is 0 Å². The van der Waals surface area contributed by atoms with E-state index < -0.39 is 0 Å². The predicted molar refractivity (Wildman–Crippen MR) is 96.8 cm³/mol. The van der Waals surface area contributed by atoms with Crippen LogP contribution in [0.3, 0.4) is 0 Å². The molecule has 0 spiro atoms. The van der Waals surface area contributed by atoms with E-state index in [9.17, 15) is 0 Å². The number of aromatic nitrogens is 4. The van der Waals surface area contributed by atoms with Crippen LogP contribution in [0.1, 0.15) is 29.6 Å². The first kappa shape index (κ1) is 16.8. The molecule has 3 aromatic heterocycles. The molecule has 6 heteroatoms. The molecule has 0 saturated heterocycles. The Morgan fingerprint density at radius 3 is 2.64 bits per heavy atom. The fourth-order valence-corrected chi connectivity index (χ4v) is 2.36. The molecule has 0 aliphatic carbocycles. The third kappa shape index (κ3) is 4.29. The highest BCUT2D eigenvalue weighted by atomic mass is 16.5. The fraction of sp³-hybridized carbons (Fsp3) is 0.263. The van der Waals surface area contributed by atoms with Crippen LogP contribution in [0.15, 0.2) is 42.9 Å². The number of hydrogen-bond acceptors (Lipinski definition) is 6. The van der Waals surface area contributed by atoms with Crippen molar-refractivity contribution >= 4 is 5.82 Å². The van der Waals surface area contributed by atoms with Crippen LogP contribution >= 0.6 is 0 Å². The average molecular weight is 335 g/mol. The van der Waals surface area contributed by atoms with Crippen molar-refractivity contribution in [3.05, 3.63) is 65.5 Å². The molecular formula is C19H21N5O. The van der Waals surface area contributed by atoms with Crippen molar-refractivity contribution < 1.29 is 4.74 Å². The summed E-state index contributed by atoms with van der Waals surface area (Å²) in [6.07, 6.45) is 6.15. The Balaban J connectivity index is 1.77. The summed E-state index contributed by atoms with van der Waals surface area (Å²) >= 11 is 0. The van der Waals surface area contributed by atoms with E-state index in [4.69, 9.17) is 4.74 Å². The normalized spacial score (nSPS) is 10.5. The fourth-order valence-electron chi connectivity index (χ4n) is 2.36. The minimum Gasteiger partial charge on any atom is -0.437 e. The summed E-state index contributed by atoms with van der Waals surface area (Å²) in [4.78, 5) is 17.3. The van der Waals surface area contributed by atoms with E-state index >= 15 is 0 Å². The molecule has 25 heavy (non-hydrogen) atoms. The summed E-state index contributed by atoms with van der Waals surface area (Å²) in [5.74, 6) is 2.82. The quantitative estimate of drug-likeness (QED) is 0.737. The van der Waals surface area contributed by atoms with Crippen LogP contribution in [0.4, 0.5) is 5.82 Å². The van der Waals surface area contributed by atoms with Crippen LogP contribution in [-0.4, -0.2) is 19.9 Å². The Kier molecular flexibility index (Phi) is 5.18. The van der Waals surface area contributed by atoms with Gasteiger partial charge in [0.1, 0.15) is 17.4 Å². The second-order valence-corrected chi connectivity index (χ2v) is 5.70. The van der Waals surface area contributed by atoms with Gasteiger partial charge in [-0.05, 0) is 38.5 Å². The Morgan fingerprint density at radius 1 is 1.00 bits per heavy atom. The van der Waals surface area contributed by atoms with Gasteiger partial charge in [-0.1, -0.05) is 13.0 Å². The monoisotopic (exact) mass is 335 g/mol. The number of ether oxygens (including phenoxy) is 1. The number of rotatable bonds is 6. The van der Waals surface area contributed by atoms with Crippen molar-refractivity contribution in [3.63, 3.8) is 0 Å². The van der Waals surface area contributed by atoms with E-state index in [0.29, 0.717) is 18.2 Å². The molecular weight excluding hydrogens is 314 g/mol. The van der Waals surface area contributed by atoms with Crippen molar-refractivity contribution in [1.82, 2.24) is 19.9 Å². The van der Waals surface area contributed by atoms with Crippen molar-refractivity contribution in [2.75, 3.05) is 5.32 Å². The smallest absolute Gasteiger partial charge is 0.224 e. The van der Waals surface area contributed by atoms with Gasteiger partial charge in [0, 0.05) is 35.8 Å². The molecule has 1 N–H and O–H groups in total. The third-order valence-electron chi connectivity index (χ3n) is 3.76. The highest BCUT2D eigenvalue weighted by Crippen LogP contribution is 2.23. The van der Waals surface area contributed by atoms with Crippen LogP contribution < -0.4 is 10.1 Å². The first-order valence-corrected chi connectivity index (χ1v) is 8.26. The van der Waals surface area contributed by atoms with Gasteiger partial charge in [-0.25, -0.2) is 15.0 Å². The van der Waals surface area contributed by atoms with E-state index in [2.05, 4.69) is 32.2 Å². The van der Waals surface area contributed by atoms with Crippen molar-refractivity contribution in [2.24, 2.45) is 0 Å². The van der Waals surface area contributed by atoms with E-state index in [1.807, 2.05) is 44.3 Å². The lowest BCUT2D eigenvalue weighted by Gasteiger charge is -2.13.